The van der Waals surface area contributed by atoms with E-state index in [-0.39, 0.29) is 6.03 Å². The van der Waals surface area contributed by atoms with Crippen LogP contribution in [0.4, 0.5) is 9.93 Å². The molecule has 2 amide bonds. The number of urea groups is 1. The Morgan fingerprint density at radius 1 is 1.04 bits per heavy atom. The molecule has 0 bridgehead atoms. The topological polar surface area (TPSA) is 54.0 Å². The summed E-state index contributed by atoms with van der Waals surface area (Å²) in [5.74, 6) is 0. The van der Waals surface area contributed by atoms with Crippen LogP contribution >= 0.6 is 34.5 Å². The average Bonchev–Trinajstić information content (AvgIpc) is 3.16. The number of hydrogen-bond donors (Lipinski definition) is 2. The lowest BCUT2D eigenvalue weighted by atomic mass is 10.0. The van der Waals surface area contributed by atoms with Gasteiger partial charge in [-0.3, -0.25) is 5.32 Å². The molecule has 0 saturated carbocycles. The van der Waals surface area contributed by atoms with E-state index in [2.05, 4.69) is 27.8 Å². The van der Waals surface area contributed by atoms with Gasteiger partial charge in [-0.05, 0) is 34.5 Å². The van der Waals surface area contributed by atoms with Crippen molar-refractivity contribution in [1.82, 2.24) is 10.3 Å². The van der Waals surface area contributed by atoms with Crippen LogP contribution in [0.2, 0.25) is 10.0 Å². The van der Waals surface area contributed by atoms with Crippen molar-refractivity contribution in [2.24, 2.45) is 0 Å². The van der Waals surface area contributed by atoms with Gasteiger partial charge in [0.15, 0.2) is 5.13 Å². The highest BCUT2D eigenvalue weighted by Gasteiger charge is 2.11. The molecule has 140 valence electrons. The Morgan fingerprint density at radius 2 is 1.86 bits per heavy atom. The third-order valence-corrected chi connectivity index (χ3v) is 5.57. The van der Waals surface area contributed by atoms with E-state index in [1.165, 1.54) is 11.3 Å². The van der Waals surface area contributed by atoms with Gasteiger partial charge >= 0.3 is 6.03 Å². The summed E-state index contributed by atoms with van der Waals surface area (Å²) >= 11 is 13.6. The van der Waals surface area contributed by atoms with Crippen molar-refractivity contribution in [3.63, 3.8) is 0 Å². The lowest BCUT2D eigenvalue weighted by molar-refractivity contribution is 0.252. The van der Waals surface area contributed by atoms with Gasteiger partial charge in [0.1, 0.15) is 0 Å². The second-order valence-corrected chi connectivity index (χ2v) is 7.81. The number of rotatable bonds is 4. The SMILES string of the molecule is O=C(NCc1cccc2ccccc12)Nc1nc(-c2cc(Cl)ccc2Cl)cs1. The maximum Gasteiger partial charge on any atom is 0.321 e. The number of halogens is 2. The fourth-order valence-electron chi connectivity index (χ4n) is 2.91. The van der Waals surface area contributed by atoms with Crippen LogP contribution < -0.4 is 10.6 Å². The highest BCUT2D eigenvalue weighted by molar-refractivity contribution is 7.14. The molecular weight excluding hydrogens is 413 g/mol. The zero-order valence-corrected chi connectivity index (χ0v) is 16.9. The van der Waals surface area contributed by atoms with Gasteiger partial charge in [-0.1, -0.05) is 65.7 Å². The molecule has 0 fully saturated rings. The Hall–Kier alpha value is -2.60. The van der Waals surface area contributed by atoms with Crippen LogP contribution in [0, 0.1) is 0 Å². The van der Waals surface area contributed by atoms with Crippen LogP contribution in [0.1, 0.15) is 5.56 Å². The average molecular weight is 428 g/mol. The quantitative estimate of drug-likeness (QED) is 0.385. The van der Waals surface area contributed by atoms with Gasteiger partial charge in [0.25, 0.3) is 0 Å². The van der Waals surface area contributed by atoms with Crippen LogP contribution in [0.15, 0.2) is 66.0 Å². The summed E-state index contributed by atoms with van der Waals surface area (Å²) in [5.41, 5.74) is 2.45. The first-order valence-electron chi connectivity index (χ1n) is 8.52. The number of hydrogen-bond acceptors (Lipinski definition) is 3. The fraction of sp³-hybridized carbons (Fsp3) is 0.0476. The molecule has 1 aromatic heterocycles. The van der Waals surface area contributed by atoms with E-state index < -0.39 is 0 Å². The molecule has 0 unspecified atom stereocenters. The Bertz CT molecular complexity index is 1150. The molecular formula is C21H15Cl2N3OS. The number of benzene rings is 3. The van der Waals surface area contributed by atoms with E-state index in [4.69, 9.17) is 23.2 Å². The molecule has 28 heavy (non-hydrogen) atoms. The van der Waals surface area contributed by atoms with Crippen molar-refractivity contribution in [3.05, 3.63) is 81.7 Å². The normalized spacial score (nSPS) is 10.8. The molecule has 0 saturated heterocycles. The number of anilines is 1. The summed E-state index contributed by atoms with van der Waals surface area (Å²) in [4.78, 5) is 16.7. The minimum Gasteiger partial charge on any atom is -0.334 e. The van der Waals surface area contributed by atoms with E-state index in [9.17, 15) is 4.79 Å². The van der Waals surface area contributed by atoms with E-state index in [0.29, 0.717) is 27.4 Å². The summed E-state index contributed by atoms with van der Waals surface area (Å²) in [6.07, 6.45) is 0. The van der Waals surface area contributed by atoms with Crippen molar-refractivity contribution in [1.29, 1.82) is 0 Å². The van der Waals surface area contributed by atoms with Gasteiger partial charge in [0.2, 0.25) is 0 Å². The maximum absolute atomic E-state index is 12.3. The molecule has 4 aromatic rings. The van der Waals surface area contributed by atoms with Crippen molar-refractivity contribution in [2.45, 2.75) is 6.54 Å². The van der Waals surface area contributed by atoms with Gasteiger partial charge in [-0.15, -0.1) is 11.3 Å². The predicted molar refractivity (Wildman–Crippen MR) is 117 cm³/mol. The Balaban J connectivity index is 1.43. The number of nitrogens with one attached hydrogen (secondary N) is 2. The molecule has 2 N–H and O–H groups in total. The predicted octanol–water partition coefficient (Wildman–Crippen LogP) is 6.59. The highest BCUT2D eigenvalue weighted by Crippen LogP contribution is 2.32. The first kappa shape index (κ1) is 18.7. The van der Waals surface area contributed by atoms with Gasteiger partial charge < -0.3 is 5.32 Å². The van der Waals surface area contributed by atoms with Crippen LogP contribution in [-0.4, -0.2) is 11.0 Å². The van der Waals surface area contributed by atoms with Crippen LogP contribution in [0.3, 0.4) is 0 Å². The number of nitrogens with zero attached hydrogens (tertiary/aromatic N) is 1. The van der Waals surface area contributed by atoms with Gasteiger partial charge in [-0.25, -0.2) is 9.78 Å². The van der Waals surface area contributed by atoms with Crippen LogP contribution in [-0.2, 0) is 6.54 Å². The van der Waals surface area contributed by atoms with Crippen molar-refractivity contribution >= 4 is 56.5 Å². The second kappa shape index (κ2) is 8.19. The molecule has 4 nitrogen and oxygen atoms in total. The monoisotopic (exact) mass is 427 g/mol. The molecule has 0 aliphatic rings. The number of fused-ring (bicyclic) bond motifs is 1. The lowest BCUT2D eigenvalue weighted by Gasteiger charge is -2.08. The first-order valence-corrected chi connectivity index (χ1v) is 10.2. The summed E-state index contributed by atoms with van der Waals surface area (Å²) < 4.78 is 0. The molecule has 0 aliphatic carbocycles. The molecule has 0 spiro atoms. The maximum atomic E-state index is 12.3. The van der Waals surface area contributed by atoms with Crippen LogP contribution in [0.5, 0.6) is 0 Å². The number of aromatic nitrogens is 1. The smallest absolute Gasteiger partial charge is 0.321 e. The Labute approximate surface area is 176 Å². The largest absolute Gasteiger partial charge is 0.334 e. The van der Waals surface area contributed by atoms with E-state index in [1.54, 1.807) is 18.2 Å². The van der Waals surface area contributed by atoms with Gasteiger partial charge in [0, 0.05) is 22.5 Å². The molecule has 4 rings (SSSR count). The summed E-state index contributed by atoms with van der Waals surface area (Å²) in [7, 11) is 0. The molecule has 0 atom stereocenters. The molecule has 1 heterocycles. The number of thiazole rings is 1. The van der Waals surface area contributed by atoms with E-state index in [1.807, 2.05) is 35.7 Å². The first-order chi connectivity index (χ1) is 13.6. The third kappa shape index (κ3) is 4.12. The second-order valence-electron chi connectivity index (χ2n) is 6.11. The number of amides is 2. The zero-order chi connectivity index (χ0) is 19.5. The molecule has 3 aromatic carbocycles. The molecule has 0 radical (unpaired) electrons. The summed E-state index contributed by atoms with van der Waals surface area (Å²) in [5, 5.41) is 11.4. The van der Waals surface area contributed by atoms with Gasteiger partial charge in [-0.2, -0.15) is 0 Å². The standard InChI is InChI=1S/C21H15Cl2N3OS/c22-15-8-9-18(23)17(10-15)19-12-28-21(25-19)26-20(27)24-11-14-6-3-5-13-4-1-2-7-16(13)14/h1-10,12H,11H2,(H2,24,25,26,27). The number of carbonyl (C=O) groups excluding carboxylic acids is 1. The van der Waals surface area contributed by atoms with Crippen LogP contribution in [0.25, 0.3) is 22.0 Å². The summed E-state index contributed by atoms with van der Waals surface area (Å²) in [6, 6.07) is 19.0. The van der Waals surface area contributed by atoms with E-state index in [0.717, 1.165) is 21.9 Å². The summed E-state index contributed by atoms with van der Waals surface area (Å²) in [6.45, 7) is 0.422. The van der Waals surface area contributed by atoms with Gasteiger partial charge in [0.05, 0.1) is 10.7 Å². The van der Waals surface area contributed by atoms with Crippen molar-refractivity contribution < 1.29 is 4.79 Å². The van der Waals surface area contributed by atoms with Crippen molar-refractivity contribution in [2.75, 3.05) is 5.32 Å². The van der Waals surface area contributed by atoms with Crippen molar-refractivity contribution in [3.8, 4) is 11.3 Å². The molecule has 7 heteroatoms. The zero-order valence-electron chi connectivity index (χ0n) is 14.6. The minimum absolute atomic E-state index is 0.314. The highest BCUT2D eigenvalue weighted by atomic mass is 35.5. The Morgan fingerprint density at radius 3 is 2.75 bits per heavy atom. The Kier molecular flexibility index (Phi) is 5.48. The number of carbonyl (C=O) groups is 1. The van der Waals surface area contributed by atoms with E-state index >= 15 is 0 Å². The fourth-order valence-corrected chi connectivity index (χ4v) is 4.00. The third-order valence-electron chi connectivity index (χ3n) is 4.25. The lowest BCUT2D eigenvalue weighted by Crippen LogP contribution is -2.28. The minimum atomic E-state index is -0.314. The molecule has 0 aliphatic heterocycles.